The van der Waals surface area contributed by atoms with Crippen LogP contribution in [0.3, 0.4) is 0 Å². The Kier molecular flexibility index (Phi) is 16.6. The van der Waals surface area contributed by atoms with E-state index in [-0.39, 0.29) is 63.3 Å². The number of carboxylic acids is 1. The van der Waals surface area contributed by atoms with Crippen molar-refractivity contribution < 1.29 is 51.7 Å². The van der Waals surface area contributed by atoms with Crippen molar-refractivity contribution >= 4 is 29.4 Å². The third-order valence-corrected chi connectivity index (χ3v) is 11.0. The summed E-state index contributed by atoms with van der Waals surface area (Å²) in [5.74, 6) is -4.47. The number of nitrogens with two attached hydrogens (primary N) is 3. The van der Waals surface area contributed by atoms with E-state index in [1.807, 2.05) is 0 Å². The first-order chi connectivity index (χ1) is 30.1. The minimum Gasteiger partial charge on any atom is -0.492 e. The predicted octanol–water partition coefficient (Wildman–Crippen LogP) is 5.95. The van der Waals surface area contributed by atoms with Gasteiger partial charge >= 0.3 is 12.1 Å². The summed E-state index contributed by atoms with van der Waals surface area (Å²) in [4.78, 5) is 70.4. The topological polar surface area (TPSA) is 217 Å². The first-order valence-electron chi connectivity index (χ1n) is 20.8. The fourth-order valence-electron chi connectivity index (χ4n) is 7.62. The van der Waals surface area contributed by atoms with Crippen molar-refractivity contribution in [2.75, 3.05) is 39.9 Å². The Labute approximate surface area is 364 Å². The molecule has 0 saturated carbocycles. The summed E-state index contributed by atoms with van der Waals surface area (Å²) in [7, 11) is 1.47. The molecule has 0 spiro atoms. The van der Waals surface area contributed by atoms with Crippen LogP contribution in [0.25, 0.3) is 22.3 Å². The SMILES string of the molecule is C[C@@H]1CC(=O)[C@@H](N(C)C(=O)[C@H](CCCCN)CC(=O)c2ccc(-c3ccc(C(F)(F)F)cc3)cc2)c2ccc(OCCN)c(c2)-c2cc(ccc2OCCN)C[C@@H](C(=O)O)NC1=O. The number of hydrogen-bond acceptors (Lipinski definition) is 10. The largest absolute Gasteiger partial charge is 0.492 e. The van der Waals surface area contributed by atoms with Crippen molar-refractivity contribution in [3.63, 3.8) is 0 Å². The Morgan fingerprint density at radius 2 is 1.40 bits per heavy atom. The van der Waals surface area contributed by atoms with Gasteiger partial charge in [0, 0.05) is 67.9 Å². The molecule has 1 heterocycles. The van der Waals surface area contributed by atoms with Gasteiger partial charge in [0.1, 0.15) is 36.8 Å². The number of ketones is 2. The molecular weight excluding hydrogens is 820 g/mol. The Morgan fingerprint density at radius 1 is 0.810 bits per heavy atom. The summed E-state index contributed by atoms with van der Waals surface area (Å²) in [5.41, 5.74) is 19.9. The van der Waals surface area contributed by atoms with Crippen LogP contribution in [0.1, 0.15) is 72.1 Å². The number of nitrogens with zero attached hydrogens (tertiary/aromatic N) is 1. The van der Waals surface area contributed by atoms with E-state index in [0.29, 0.717) is 64.3 Å². The van der Waals surface area contributed by atoms with Crippen LogP contribution in [0.5, 0.6) is 11.5 Å². The van der Waals surface area contributed by atoms with Gasteiger partial charge in [-0.1, -0.05) is 61.9 Å². The molecule has 4 bridgehead atoms. The molecule has 0 fully saturated rings. The quantitative estimate of drug-likeness (QED) is 0.0617. The molecule has 63 heavy (non-hydrogen) atoms. The molecule has 0 aromatic heterocycles. The summed E-state index contributed by atoms with van der Waals surface area (Å²) in [6.07, 6.45) is -3.82. The van der Waals surface area contributed by atoms with Gasteiger partial charge in [0.05, 0.1) is 5.56 Å². The van der Waals surface area contributed by atoms with Crippen LogP contribution < -0.4 is 32.0 Å². The van der Waals surface area contributed by atoms with Gasteiger partial charge in [-0.25, -0.2) is 4.79 Å². The normalized spacial score (nSPS) is 17.2. The van der Waals surface area contributed by atoms with Gasteiger partial charge in [-0.05, 0) is 78.0 Å². The average Bonchev–Trinajstić information content (AvgIpc) is 3.26. The molecule has 5 rings (SSSR count). The van der Waals surface area contributed by atoms with E-state index >= 15 is 0 Å². The maximum atomic E-state index is 14.7. The monoisotopic (exact) mass is 873 g/mol. The van der Waals surface area contributed by atoms with E-state index in [0.717, 1.165) is 12.1 Å². The number of ether oxygens (including phenoxy) is 2. The summed E-state index contributed by atoms with van der Waals surface area (Å²) in [6, 6.07) is 18.5. The Hall–Kier alpha value is -6.10. The summed E-state index contributed by atoms with van der Waals surface area (Å²) < 4.78 is 51.5. The summed E-state index contributed by atoms with van der Waals surface area (Å²) in [5, 5.41) is 12.7. The van der Waals surface area contributed by atoms with E-state index in [4.69, 9.17) is 26.7 Å². The maximum Gasteiger partial charge on any atom is 0.416 e. The van der Waals surface area contributed by atoms with E-state index in [2.05, 4.69) is 5.32 Å². The van der Waals surface area contributed by atoms with E-state index < -0.39 is 59.2 Å². The number of likely N-dealkylation sites (N-methyl/N-ethyl adjacent to an activating group) is 1. The number of benzene rings is 4. The van der Waals surface area contributed by atoms with Crippen LogP contribution in [-0.2, 0) is 31.8 Å². The molecule has 8 N–H and O–H groups in total. The van der Waals surface area contributed by atoms with Gasteiger partial charge in [0.25, 0.3) is 0 Å². The van der Waals surface area contributed by atoms with E-state index in [9.17, 15) is 42.3 Å². The third kappa shape index (κ3) is 12.3. The van der Waals surface area contributed by atoms with Crippen LogP contribution in [0.2, 0.25) is 0 Å². The Morgan fingerprint density at radius 3 is 1.97 bits per heavy atom. The Bertz CT molecular complexity index is 2250. The van der Waals surface area contributed by atoms with Gasteiger partial charge in [-0.3, -0.25) is 19.2 Å². The first-order valence-corrected chi connectivity index (χ1v) is 20.8. The van der Waals surface area contributed by atoms with Crippen molar-refractivity contribution in [2.45, 2.75) is 63.7 Å². The highest BCUT2D eigenvalue weighted by molar-refractivity contribution is 6.00. The molecule has 0 aliphatic carbocycles. The lowest BCUT2D eigenvalue weighted by molar-refractivity contribution is -0.144. The van der Waals surface area contributed by atoms with Gasteiger partial charge in [-0.2, -0.15) is 13.2 Å². The first kappa shape index (κ1) is 47.9. The van der Waals surface area contributed by atoms with Gasteiger partial charge in [0.2, 0.25) is 11.8 Å². The lowest BCUT2D eigenvalue weighted by atomic mass is 9.88. The molecule has 1 aliphatic heterocycles. The highest BCUT2D eigenvalue weighted by atomic mass is 19.4. The highest BCUT2D eigenvalue weighted by Gasteiger charge is 2.36. The van der Waals surface area contributed by atoms with Crippen LogP contribution in [0.4, 0.5) is 13.2 Å². The number of rotatable bonds is 17. The zero-order valence-electron chi connectivity index (χ0n) is 35.3. The van der Waals surface area contributed by atoms with Crippen LogP contribution >= 0.6 is 0 Å². The van der Waals surface area contributed by atoms with Crippen LogP contribution in [-0.4, -0.2) is 85.3 Å². The number of fused-ring (bicyclic) bond motifs is 5. The number of alkyl halides is 3. The number of halogens is 3. The molecule has 0 radical (unpaired) electrons. The molecule has 0 unspecified atom stereocenters. The smallest absolute Gasteiger partial charge is 0.416 e. The molecule has 13 nitrogen and oxygen atoms in total. The van der Waals surface area contributed by atoms with Crippen molar-refractivity contribution in [2.24, 2.45) is 29.0 Å². The summed E-state index contributed by atoms with van der Waals surface area (Å²) in [6.45, 7) is 2.50. The molecule has 2 amide bonds. The number of aliphatic carboxylic acids is 1. The fraction of sp³-hybridized carbons (Fsp3) is 0.383. The summed E-state index contributed by atoms with van der Waals surface area (Å²) >= 11 is 0. The number of carbonyl (C=O) groups is 5. The second kappa shape index (κ2) is 21.8. The molecular formula is C47H54F3N5O8. The fourth-order valence-corrected chi connectivity index (χ4v) is 7.62. The highest BCUT2D eigenvalue weighted by Crippen LogP contribution is 2.41. The third-order valence-electron chi connectivity index (χ3n) is 11.0. The van der Waals surface area contributed by atoms with Crippen molar-refractivity contribution in [3.05, 3.63) is 107 Å². The minimum atomic E-state index is -4.48. The van der Waals surface area contributed by atoms with E-state index in [1.165, 1.54) is 31.0 Å². The second-order valence-corrected chi connectivity index (χ2v) is 15.6. The number of Topliss-reactive ketones (excluding diaryl/α,β-unsaturated/α-hetero) is 2. The standard InChI is InChI=1S/C47H54F3N5O8/c1-28-23-40(57)43(33-13-17-42(63-22-20-53)37(26-33)36-24-29(6-16-41(36)62-21-19-52)25-38(46(60)61)54-44(28)58)55(2)45(59)34(5-3-4-18-51)27-39(56)32-9-7-30(8-10-32)31-11-14-35(15-12-31)47(48,49)50/h6-17,24,26,28,34,38,43H,3-5,18-23,25,27,51-53H2,1-2H3,(H,54,58)(H,60,61)/t28-,34-,38+,43+/m1/s1. The molecule has 4 aromatic rings. The molecule has 16 heteroatoms. The van der Waals surface area contributed by atoms with Crippen molar-refractivity contribution in [3.8, 4) is 33.8 Å². The molecule has 336 valence electrons. The van der Waals surface area contributed by atoms with Gasteiger partial charge < -0.3 is 42.0 Å². The minimum absolute atomic E-state index is 0.0853. The molecule has 0 saturated heterocycles. The zero-order chi connectivity index (χ0) is 45.8. The number of hydrogen-bond donors (Lipinski definition) is 5. The zero-order valence-corrected chi connectivity index (χ0v) is 35.3. The van der Waals surface area contributed by atoms with Crippen molar-refractivity contribution in [1.29, 1.82) is 0 Å². The lowest BCUT2D eigenvalue weighted by Gasteiger charge is -2.32. The van der Waals surface area contributed by atoms with Gasteiger partial charge in [-0.15, -0.1) is 0 Å². The number of unbranched alkanes of at least 4 members (excludes halogenated alkanes) is 1. The van der Waals surface area contributed by atoms with Crippen molar-refractivity contribution in [1.82, 2.24) is 10.2 Å². The lowest BCUT2D eigenvalue weighted by Crippen LogP contribution is -2.45. The number of amides is 2. The Balaban J connectivity index is 1.55. The number of carbonyl (C=O) groups excluding carboxylic acids is 4. The van der Waals surface area contributed by atoms with Crippen LogP contribution in [0, 0.1) is 11.8 Å². The molecule has 4 atom stereocenters. The molecule has 4 aromatic carbocycles. The predicted molar refractivity (Wildman–Crippen MR) is 231 cm³/mol. The van der Waals surface area contributed by atoms with Crippen LogP contribution in [0.15, 0.2) is 84.9 Å². The number of carboxylic acid groups (broad SMARTS) is 1. The average molecular weight is 874 g/mol. The van der Waals surface area contributed by atoms with Gasteiger partial charge in [0.15, 0.2) is 11.6 Å². The number of nitrogens with one attached hydrogen (secondary N) is 1. The van der Waals surface area contributed by atoms with E-state index in [1.54, 1.807) is 60.7 Å². The molecule has 1 aliphatic rings. The maximum absolute atomic E-state index is 14.7. The second-order valence-electron chi connectivity index (χ2n) is 15.6.